The van der Waals surface area contributed by atoms with Crippen LogP contribution in [0.1, 0.15) is 128 Å². The van der Waals surface area contributed by atoms with Gasteiger partial charge in [0.25, 0.3) is 0 Å². The molecular weight excluding hydrogens is 629 g/mol. The molecule has 0 amide bonds. The molecule has 0 saturated heterocycles. The first-order valence-electron chi connectivity index (χ1n) is 19.1. The molecule has 7 atom stereocenters. The van der Waals surface area contributed by atoms with Crippen LogP contribution >= 0.6 is 0 Å². The Morgan fingerprint density at radius 3 is 1.96 bits per heavy atom. The van der Waals surface area contributed by atoms with Crippen molar-refractivity contribution >= 4 is 22.6 Å². The highest BCUT2D eigenvalue weighted by molar-refractivity contribution is 6.74. The van der Waals surface area contributed by atoms with Crippen LogP contribution in [-0.2, 0) is 18.4 Å². The molecule has 3 saturated carbocycles. The lowest BCUT2D eigenvalue weighted by Crippen LogP contribution is -2.48. The number of fused-ring (bicyclic) bond motifs is 1. The lowest BCUT2D eigenvalue weighted by atomic mass is 9.61. The molecule has 0 unspecified atom stereocenters. The van der Waals surface area contributed by atoms with Gasteiger partial charge in [-0.3, -0.25) is 4.79 Å². The fraction of sp³-hybridized carbons (Fsp3) is 0.829. The molecule has 3 fully saturated rings. The van der Waals surface area contributed by atoms with Gasteiger partial charge >= 0.3 is 5.97 Å². The number of rotatable bonds is 11. The first kappa shape index (κ1) is 41.4. The number of carbonyl (C=O) groups is 1. The normalized spacial score (nSPS) is 30.0. The van der Waals surface area contributed by atoms with Gasteiger partial charge in [-0.2, -0.15) is 0 Å². The van der Waals surface area contributed by atoms with Gasteiger partial charge in [0, 0.05) is 0 Å². The van der Waals surface area contributed by atoms with E-state index in [1.807, 2.05) is 6.08 Å². The van der Waals surface area contributed by atoms with Gasteiger partial charge in [-0.1, -0.05) is 90.8 Å². The molecule has 48 heavy (non-hydrogen) atoms. The van der Waals surface area contributed by atoms with Gasteiger partial charge in [0.05, 0.1) is 30.3 Å². The summed E-state index contributed by atoms with van der Waals surface area (Å²) in [6.45, 7) is 34.0. The summed E-state index contributed by atoms with van der Waals surface area (Å²) in [6, 6.07) is 0. The predicted molar refractivity (Wildman–Crippen MR) is 207 cm³/mol. The topological polar surface area (TPSA) is 65.0 Å². The number of esters is 1. The SMILES string of the molecule is CCOC(=O)C(C)(C)[C@@H](O)C=C[C@@H](C)[C@H]1CC[C@H]2C(=CC=C3C[C@@H](O[Si](C)(C)C(C)(C)C)C[C@H](O[Si](C)(C)C(C)(C)C)C3)CCC[C@]12C. The van der Waals surface area contributed by atoms with Crippen LogP contribution < -0.4 is 0 Å². The van der Waals surface area contributed by atoms with Gasteiger partial charge in [0.1, 0.15) is 0 Å². The van der Waals surface area contributed by atoms with Crippen LogP contribution in [0.5, 0.6) is 0 Å². The van der Waals surface area contributed by atoms with Crippen molar-refractivity contribution in [2.75, 3.05) is 6.61 Å². The quantitative estimate of drug-likeness (QED) is 0.132. The summed E-state index contributed by atoms with van der Waals surface area (Å²) in [5.41, 5.74) is 2.37. The summed E-state index contributed by atoms with van der Waals surface area (Å²) < 4.78 is 19.4. The molecule has 5 nitrogen and oxygen atoms in total. The van der Waals surface area contributed by atoms with Gasteiger partial charge < -0.3 is 18.7 Å². The molecule has 0 aliphatic heterocycles. The van der Waals surface area contributed by atoms with Crippen LogP contribution in [-0.4, -0.2) is 52.6 Å². The smallest absolute Gasteiger partial charge is 0.314 e. The van der Waals surface area contributed by atoms with E-state index in [0.29, 0.717) is 24.4 Å². The van der Waals surface area contributed by atoms with E-state index in [1.54, 1.807) is 26.3 Å². The van der Waals surface area contributed by atoms with Gasteiger partial charge in [0.15, 0.2) is 16.6 Å². The summed E-state index contributed by atoms with van der Waals surface area (Å²) >= 11 is 0. The number of ether oxygens (including phenoxy) is 1. The van der Waals surface area contributed by atoms with E-state index in [1.165, 1.54) is 37.7 Å². The molecule has 276 valence electrons. The average Bonchev–Trinajstić information content (AvgIpc) is 3.30. The van der Waals surface area contributed by atoms with Crippen molar-refractivity contribution in [3.05, 3.63) is 35.5 Å². The van der Waals surface area contributed by atoms with Crippen molar-refractivity contribution in [2.45, 2.75) is 182 Å². The monoisotopic (exact) mass is 703 g/mol. The van der Waals surface area contributed by atoms with E-state index in [-0.39, 0.29) is 33.7 Å². The van der Waals surface area contributed by atoms with Crippen molar-refractivity contribution in [3.63, 3.8) is 0 Å². The number of hydrogen-bond donors (Lipinski definition) is 1. The van der Waals surface area contributed by atoms with E-state index in [4.69, 9.17) is 13.6 Å². The maximum atomic E-state index is 12.5. The maximum absolute atomic E-state index is 12.5. The molecule has 3 aliphatic rings. The number of hydrogen-bond acceptors (Lipinski definition) is 5. The zero-order valence-electron chi connectivity index (χ0n) is 33.7. The lowest BCUT2D eigenvalue weighted by molar-refractivity contribution is -0.158. The minimum absolute atomic E-state index is 0.180. The molecule has 0 spiro atoms. The highest BCUT2D eigenvalue weighted by atomic mass is 28.4. The number of carbonyl (C=O) groups excluding carboxylic acids is 1. The highest BCUT2D eigenvalue weighted by Crippen LogP contribution is 2.59. The summed E-state index contributed by atoms with van der Waals surface area (Å²) in [5.74, 6) is 1.11. The molecule has 3 rings (SSSR count). The van der Waals surface area contributed by atoms with Crippen LogP contribution in [0.15, 0.2) is 35.5 Å². The molecule has 0 heterocycles. The summed E-state index contributed by atoms with van der Waals surface area (Å²) in [4.78, 5) is 12.5. The number of allylic oxidation sites excluding steroid dienone is 4. The Balaban J connectivity index is 1.82. The molecule has 7 heteroatoms. The number of aliphatic hydroxyl groups is 1. The minimum Gasteiger partial charge on any atom is -0.465 e. The first-order chi connectivity index (χ1) is 21.9. The Morgan fingerprint density at radius 2 is 1.46 bits per heavy atom. The summed E-state index contributed by atoms with van der Waals surface area (Å²) in [6.07, 6.45) is 17.6. The standard InChI is InChI=1S/C41H74O5Si2/c1-16-44-37(43)40(9,10)36(42)24-19-29(2)34-22-23-35-31(18-17-25-41(34,35)11)21-20-30-26-32(45-47(12,13)38(3,4)5)28-33(27-30)46-48(14,15)39(6,7)8/h19-21,24,29,32-36,42H,16-18,22-23,25-28H2,1-15H3/t29-,32-,33-,34-,35+,36+,41-/m1/s1. The third kappa shape index (κ3) is 9.45. The third-order valence-electron chi connectivity index (χ3n) is 13.4. The fourth-order valence-electron chi connectivity index (χ4n) is 8.09. The van der Waals surface area contributed by atoms with E-state index in [2.05, 4.69) is 99.8 Å². The fourth-order valence-corrected chi connectivity index (χ4v) is 10.8. The number of aliphatic hydroxyl groups excluding tert-OH is 1. The Bertz CT molecular complexity index is 1160. The Labute approximate surface area is 298 Å². The minimum atomic E-state index is -1.91. The van der Waals surface area contributed by atoms with Crippen LogP contribution in [0.25, 0.3) is 0 Å². The lowest BCUT2D eigenvalue weighted by Gasteiger charge is -2.45. The van der Waals surface area contributed by atoms with Crippen molar-refractivity contribution < 1.29 is 23.5 Å². The zero-order chi connectivity index (χ0) is 36.5. The predicted octanol–water partition coefficient (Wildman–Crippen LogP) is 11.2. The van der Waals surface area contributed by atoms with Crippen LogP contribution in [0.4, 0.5) is 0 Å². The van der Waals surface area contributed by atoms with Crippen molar-refractivity contribution in [1.82, 2.24) is 0 Å². The molecule has 1 N–H and O–H groups in total. The largest absolute Gasteiger partial charge is 0.465 e. The van der Waals surface area contributed by atoms with E-state index in [0.717, 1.165) is 19.3 Å². The van der Waals surface area contributed by atoms with Gasteiger partial charge in [-0.15, -0.1) is 0 Å². The average molecular weight is 703 g/mol. The second-order valence-electron chi connectivity index (χ2n) is 19.4. The van der Waals surface area contributed by atoms with Crippen molar-refractivity contribution in [3.8, 4) is 0 Å². The van der Waals surface area contributed by atoms with Gasteiger partial charge in [-0.05, 0) is 132 Å². The zero-order valence-corrected chi connectivity index (χ0v) is 35.7. The van der Waals surface area contributed by atoms with Gasteiger partial charge in [-0.25, -0.2) is 0 Å². The van der Waals surface area contributed by atoms with Crippen molar-refractivity contribution in [2.24, 2.45) is 28.6 Å². The van der Waals surface area contributed by atoms with E-state index < -0.39 is 28.2 Å². The highest BCUT2D eigenvalue weighted by Gasteiger charge is 2.50. The van der Waals surface area contributed by atoms with Crippen molar-refractivity contribution in [1.29, 1.82) is 0 Å². The molecule has 3 aliphatic carbocycles. The van der Waals surface area contributed by atoms with E-state index >= 15 is 0 Å². The Morgan fingerprint density at radius 1 is 0.917 bits per heavy atom. The Hall–Kier alpha value is -0.996. The summed E-state index contributed by atoms with van der Waals surface area (Å²) in [7, 11) is -3.83. The second kappa shape index (κ2) is 15.3. The first-order valence-corrected chi connectivity index (χ1v) is 24.9. The van der Waals surface area contributed by atoms with Crippen LogP contribution in [0, 0.1) is 28.6 Å². The molecule has 0 bridgehead atoms. The molecule has 0 radical (unpaired) electrons. The van der Waals surface area contributed by atoms with E-state index in [9.17, 15) is 9.90 Å². The molecule has 0 aromatic rings. The molecule has 0 aromatic heterocycles. The molecular formula is C41H74O5Si2. The second-order valence-corrected chi connectivity index (χ2v) is 29.0. The summed E-state index contributed by atoms with van der Waals surface area (Å²) in [5, 5.41) is 11.3. The van der Waals surface area contributed by atoms with Crippen LogP contribution in [0.2, 0.25) is 36.3 Å². The maximum Gasteiger partial charge on any atom is 0.314 e. The third-order valence-corrected chi connectivity index (χ3v) is 22.5. The Kier molecular flexibility index (Phi) is 13.2. The van der Waals surface area contributed by atoms with Gasteiger partial charge in [0.2, 0.25) is 0 Å². The molecule has 0 aromatic carbocycles. The van der Waals surface area contributed by atoms with Crippen LogP contribution in [0.3, 0.4) is 0 Å².